The number of anilines is 1. The van der Waals surface area contributed by atoms with Crippen LogP contribution in [0.25, 0.3) is 0 Å². The molecule has 0 fully saturated rings. The summed E-state index contributed by atoms with van der Waals surface area (Å²) in [6, 6.07) is 17.4. The minimum absolute atomic E-state index is 0.000377. The van der Waals surface area contributed by atoms with E-state index >= 15 is 0 Å². The molecule has 0 saturated carbocycles. The predicted octanol–water partition coefficient (Wildman–Crippen LogP) is 5.54. The Bertz CT molecular complexity index is 1450. The van der Waals surface area contributed by atoms with E-state index in [2.05, 4.69) is 5.32 Å². The van der Waals surface area contributed by atoms with Crippen molar-refractivity contribution in [1.82, 2.24) is 10.2 Å². The Labute approximate surface area is 239 Å². The van der Waals surface area contributed by atoms with Gasteiger partial charge in [0, 0.05) is 13.1 Å². The van der Waals surface area contributed by atoms with Crippen LogP contribution in [0.5, 0.6) is 0 Å². The minimum Gasteiger partial charge on any atom is -0.354 e. The number of nitrogens with one attached hydrogen (secondary N) is 1. The summed E-state index contributed by atoms with van der Waals surface area (Å²) >= 11 is 0. The van der Waals surface area contributed by atoms with Gasteiger partial charge in [0.15, 0.2) is 0 Å². The van der Waals surface area contributed by atoms with Gasteiger partial charge in [0.1, 0.15) is 12.6 Å². The maximum absolute atomic E-state index is 14.0. The SMILES string of the molecule is CCCNC(=O)C(CC)N(Cc1cccc(C)c1)C(=O)CN(c1cccc(C(F)(F)F)c1)S(=O)(=O)c1ccccc1. The van der Waals surface area contributed by atoms with E-state index in [1.165, 1.54) is 35.2 Å². The number of halogens is 3. The molecule has 3 rings (SSSR count). The zero-order chi connectivity index (χ0) is 30.2. The van der Waals surface area contributed by atoms with Crippen molar-refractivity contribution in [3.8, 4) is 0 Å². The van der Waals surface area contributed by atoms with Gasteiger partial charge in [-0.05, 0) is 55.7 Å². The third-order valence-electron chi connectivity index (χ3n) is 6.44. The largest absolute Gasteiger partial charge is 0.416 e. The molecule has 0 bridgehead atoms. The van der Waals surface area contributed by atoms with Crippen LogP contribution in [0.3, 0.4) is 0 Å². The van der Waals surface area contributed by atoms with Gasteiger partial charge >= 0.3 is 6.18 Å². The summed E-state index contributed by atoms with van der Waals surface area (Å²) in [5.41, 5.74) is 0.265. The van der Waals surface area contributed by atoms with Gasteiger partial charge in [-0.25, -0.2) is 8.42 Å². The number of amides is 2. The molecule has 1 N–H and O–H groups in total. The Balaban J connectivity index is 2.10. The van der Waals surface area contributed by atoms with E-state index in [0.717, 1.165) is 23.3 Å². The van der Waals surface area contributed by atoms with Gasteiger partial charge in [-0.1, -0.05) is 67.9 Å². The molecule has 11 heteroatoms. The van der Waals surface area contributed by atoms with E-state index in [1.54, 1.807) is 25.1 Å². The molecule has 1 atom stereocenters. The molecule has 0 heterocycles. The third-order valence-corrected chi connectivity index (χ3v) is 8.23. The maximum Gasteiger partial charge on any atom is 0.416 e. The molecular weight excluding hydrogens is 555 g/mol. The summed E-state index contributed by atoms with van der Waals surface area (Å²) in [5, 5.41) is 2.79. The quantitative estimate of drug-likeness (QED) is 0.301. The van der Waals surface area contributed by atoms with Crippen molar-refractivity contribution in [3.05, 3.63) is 95.6 Å². The molecule has 0 aromatic heterocycles. The average molecular weight is 590 g/mol. The highest BCUT2D eigenvalue weighted by atomic mass is 32.2. The van der Waals surface area contributed by atoms with E-state index in [1.807, 2.05) is 26.0 Å². The number of hydrogen-bond acceptors (Lipinski definition) is 4. The van der Waals surface area contributed by atoms with Crippen LogP contribution in [0, 0.1) is 6.92 Å². The monoisotopic (exact) mass is 589 g/mol. The van der Waals surface area contributed by atoms with Crippen LogP contribution >= 0.6 is 0 Å². The Hall–Kier alpha value is -3.86. The van der Waals surface area contributed by atoms with Gasteiger partial charge in [0.2, 0.25) is 11.8 Å². The Morgan fingerprint density at radius 2 is 1.61 bits per heavy atom. The molecule has 0 aliphatic heterocycles. The number of alkyl halides is 3. The van der Waals surface area contributed by atoms with Gasteiger partial charge in [-0.2, -0.15) is 13.2 Å². The first-order chi connectivity index (χ1) is 19.4. The first-order valence-corrected chi connectivity index (χ1v) is 14.7. The van der Waals surface area contributed by atoms with Crippen molar-refractivity contribution < 1.29 is 31.2 Å². The van der Waals surface area contributed by atoms with Crippen LogP contribution in [-0.2, 0) is 32.3 Å². The number of hydrogen-bond donors (Lipinski definition) is 1. The zero-order valence-corrected chi connectivity index (χ0v) is 24.0. The fourth-order valence-electron chi connectivity index (χ4n) is 4.38. The number of sulfonamides is 1. The van der Waals surface area contributed by atoms with Crippen molar-refractivity contribution in [2.24, 2.45) is 0 Å². The molecule has 0 aliphatic carbocycles. The normalized spacial score (nSPS) is 12.4. The molecular formula is C30H34F3N3O4S. The van der Waals surface area contributed by atoms with E-state index in [0.29, 0.717) is 23.3 Å². The van der Waals surface area contributed by atoms with Crippen molar-refractivity contribution >= 4 is 27.5 Å². The number of aryl methyl sites for hydroxylation is 1. The lowest BCUT2D eigenvalue weighted by Gasteiger charge is -2.33. The van der Waals surface area contributed by atoms with Crippen LogP contribution in [0.15, 0.2) is 83.8 Å². The highest BCUT2D eigenvalue weighted by Crippen LogP contribution is 2.33. The number of rotatable bonds is 12. The number of nitrogens with zero attached hydrogens (tertiary/aromatic N) is 2. The molecule has 3 aromatic rings. The summed E-state index contributed by atoms with van der Waals surface area (Å²) in [5.74, 6) is -1.13. The van der Waals surface area contributed by atoms with Crippen molar-refractivity contribution in [3.63, 3.8) is 0 Å². The van der Waals surface area contributed by atoms with Crippen molar-refractivity contribution in [2.75, 3.05) is 17.4 Å². The third kappa shape index (κ3) is 8.09. The molecule has 0 aliphatic rings. The second-order valence-electron chi connectivity index (χ2n) is 9.60. The molecule has 0 radical (unpaired) electrons. The van der Waals surface area contributed by atoms with Crippen LogP contribution in [0.2, 0.25) is 0 Å². The fraction of sp³-hybridized carbons (Fsp3) is 0.333. The zero-order valence-electron chi connectivity index (χ0n) is 23.2. The second kappa shape index (κ2) is 13.7. The van der Waals surface area contributed by atoms with Crippen LogP contribution in [0.4, 0.5) is 18.9 Å². The molecule has 41 heavy (non-hydrogen) atoms. The molecule has 1 unspecified atom stereocenters. The first-order valence-electron chi connectivity index (χ1n) is 13.3. The number of carbonyl (C=O) groups excluding carboxylic acids is 2. The van der Waals surface area contributed by atoms with E-state index in [4.69, 9.17) is 0 Å². The van der Waals surface area contributed by atoms with Crippen LogP contribution < -0.4 is 9.62 Å². The fourth-order valence-corrected chi connectivity index (χ4v) is 5.81. The molecule has 220 valence electrons. The van der Waals surface area contributed by atoms with Gasteiger partial charge in [0.05, 0.1) is 16.1 Å². The molecule has 2 amide bonds. The number of benzene rings is 3. The van der Waals surface area contributed by atoms with Crippen molar-refractivity contribution in [2.45, 2.75) is 57.3 Å². The summed E-state index contributed by atoms with van der Waals surface area (Å²) in [6.07, 6.45) is -3.82. The highest BCUT2D eigenvalue weighted by molar-refractivity contribution is 7.92. The van der Waals surface area contributed by atoms with E-state index in [9.17, 15) is 31.2 Å². The van der Waals surface area contributed by atoms with Crippen molar-refractivity contribution in [1.29, 1.82) is 0 Å². The molecule has 0 saturated heterocycles. The lowest BCUT2D eigenvalue weighted by molar-refractivity contribution is -0.140. The topological polar surface area (TPSA) is 86.8 Å². The highest BCUT2D eigenvalue weighted by Gasteiger charge is 2.35. The average Bonchev–Trinajstić information content (AvgIpc) is 2.94. The maximum atomic E-state index is 14.0. The second-order valence-corrected chi connectivity index (χ2v) is 11.5. The lowest BCUT2D eigenvalue weighted by atomic mass is 10.1. The summed E-state index contributed by atoms with van der Waals surface area (Å²) in [4.78, 5) is 28.2. The van der Waals surface area contributed by atoms with Crippen LogP contribution in [-0.4, -0.2) is 44.3 Å². The van der Waals surface area contributed by atoms with Gasteiger partial charge in [-0.15, -0.1) is 0 Å². The molecule has 3 aromatic carbocycles. The Morgan fingerprint density at radius 1 is 0.927 bits per heavy atom. The molecule has 0 spiro atoms. The standard InChI is InChI=1S/C30H34F3N3O4S/c1-4-17-34-29(38)27(5-2)35(20-23-12-9-11-22(3)18-23)28(37)21-36(41(39,40)26-15-7-6-8-16-26)25-14-10-13-24(19-25)30(31,32)33/h6-16,18-19,27H,4-5,17,20-21H2,1-3H3,(H,34,38). The summed E-state index contributed by atoms with van der Waals surface area (Å²) in [7, 11) is -4.47. The smallest absolute Gasteiger partial charge is 0.354 e. The predicted molar refractivity (Wildman–Crippen MR) is 152 cm³/mol. The summed E-state index contributed by atoms with van der Waals surface area (Å²) in [6.45, 7) is 5.07. The van der Waals surface area contributed by atoms with Gasteiger partial charge < -0.3 is 10.2 Å². The number of carbonyl (C=O) groups is 2. The Kier molecular flexibility index (Phi) is 10.6. The molecule has 7 nitrogen and oxygen atoms in total. The van der Waals surface area contributed by atoms with E-state index < -0.39 is 46.2 Å². The van der Waals surface area contributed by atoms with Gasteiger partial charge in [0.25, 0.3) is 10.0 Å². The first kappa shape index (κ1) is 31.7. The summed E-state index contributed by atoms with van der Waals surface area (Å²) < 4.78 is 68.9. The van der Waals surface area contributed by atoms with Crippen LogP contribution in [0.1, 0.15) is 43.4 Å². The minimum atomic E-state index is -4.73. The van der Waals surface area contributed by atoms with Gasteiger partial charge in [-0.3, -0.25) is 13.9 Å². The Morgan fingerprint density at radius 3 is 2.22 bits per heavy atom. The van der Waals surface area contributed by atoms with E-state index in [-0.39, 0.29) is 23.5 Å². The lowest BCUT2D eigenvalue weighted by Crippen LogP contribution is -2.52.